The zero-order chi connectivity index (χ0) is 18.1. The number of halogens is 1. The second kappa shape index (κ2) is 7.22. The van der Waals surface area contributed by atoms with Crippen molar-refractivity contribution in [3.63, 3.8) is 0 Å². The number of hydrogen-bond donors (Lipinski definition) is 1. The number of likely N-dealkylation sites (tertiary alicyclic amines) is 1. The predicted octanol–water partition coefficient (Wildman–Crippen LogP) is 3.67. The second-order valence-electron chi connectivity index (χ2n) is 8.18. The zero-order valence-corrected chi connectivity index (χ0v) is 15.9. The highest BCUT2D eigenvalue weighted by Crippen LogP contribution is 2.41. The van der Waals surface area contributed by atoms with Gasteiger partial charge in [0, 0.05) is 29.4 Å². The van der Waals surface area contributed by atoms with Gasteiger partial charge in [0.05, 0.1) is 0 Å². The molecule has 0 radical (unpaired) electrons. The van der Waals surface area contributed by atoms with E-state index in [-0.39, 0.29) is 29.2 Å². The first kappa shape index (κ1) is 17.8. The van der Waals surface area contributed by atoms with Gasteiger partial charge in [-0.3, -0.25) is 9.59 Å². The van der Waals surface area contributed by atoms with Crippen LogP contribution < -0.4 is 5.32 Å². The minimum atomic E-state index is -0.272. The zero-order valence-electron chi connectivity index (χ0n) is 15.2. The fourth-order valence-corrected chi connectivity index (χ4v) is 4.79. The van der Waals surface area contributed by atoms with Gasteiger partial charge in [0.25, 0.3) is 0 Å². The van der Waals surface area contributed by atoms with Crippen molar-refractivity contribution in [1.82, 2.24) is 10.2 Å². The summed E-state index contributed by atoms with van der Waals surface area (Å²) < 4.78 is 0. The summed E-state index contributed by atoms with van der Waals surface area (Å²) in [6.45, 7) is 1.38. The second-order valence-corrected chi connectivity index (χ2v) is 8.61. The van der Waals surface area contributed by atoms with Crippen molar-refractivity contribution >= 4 is 23.4 Å². The van der Waals surface area contributed by atoms with Crippen LogP contribution in [0.15, 0.2) is 24.3 Å². The highest BCUT2D eigenvalue weighted by atomic mass is 35.5. The molecule has 0 aromatic heterocycles. The van der Waals surface area contributed by atoms with Crippen molar-refractivity contribution in [3.05, 3.63) is 34.9 Å². The topological polar surface area (TPSA) is 49.4 Å². The molecule has 4 nitrogen and oxygen atoms in total. The highest BCUT2D eigenvalue weighted by molar-refractivity contribution is 6.30. The summed E-state index contributed by atoms with van der Waals surface area (Å²) in [5, 5.41) is 3.94. The van der Waals surface area contributed by atoms with Crippen LogP contribution in [0.25, 0.3) is 0 Å². The maximum Gasteiger partial charge on any atom is 0.242 e. The van der Waals surface area contributed by atoms with E-state index >= 15 is 0 Å². The Morgan fingerprint density at radius 2 is 1.77 bits per heavy atom. The van der Waals surface area contributed by atoms with Crippen LogP contribution in [0.1, 0.15) is 56.9 Å². The van der Waals surface area contributed by atoms with Crippen LogP contribution >= 0.6 is 11.6 Å². The van der Waals surface area contributed by atoms with Crippen LogP contribution in [0.5, 0.6) is 0 Å². The van der Waals surface area contributed by atoms with E-state index in [4.69, 9.17) is 11.6 Å². The first-order valence-corrected chi connectivity index (χ1v) is 10.3. The first-order valence-electron chi connectivity index (χ1n) is 9.93. The lowest BCUT2D eigenvalue weighted by atomic mass is 9.78. The maximum atomic E-state index is 12.9. The summed E-state index contributed by atoms with van der Waals surface area (Å²) in [7, 11) is 0. The van der Waals surface area contributed by atoms with Gasteiger partial charge >= 0.3 is 0 Å². The third-order valence-corrected chi connectivity index (χ3v) is 6.64. The van der Waals surface area contributed by atoms with Crippen LogP contribution in [-0.4, -0.2) is 35.8 Å². The minimum absolute atomic E-state index is 0.00415. The number of nitrogens with zero attached hydrogens (tertiary/aromatic N) is 1. The van der Waals surface area contributed by atoms with Crippen LogP contribution in [0.3, 0.4) is 0 Å². The molecule has 140 valence electrons. The SMILES string of the molecule is O=C(NCC1(c2ccc(Cl)cc2)CCCC1)C1CCCN1C(=O)C1CC1. The van der Waals surface area contributed by atoms with Gasteiger partial charge in [-0.1, -0.05) is 36.6 Å². The molecule has 1 aromatic rings. The van der Waals surface area contributed by atoms with Gasteiger partial charge in [-0.15, -0.1) is 0 Å². The highest BCUT2D eigenvalue weighted by Gasteiger charge is 2.42. The average Bonchev–Trinajstić information content (AvgIpc) is 3.19. The third-order valence-electron chi connectivity index (χ3n) is 6.38. The van der Waals surface area contributed by atoms with Crippen molar-refractivity contribution in [1.29, 1.82) is 0 Å². The van der Waals surface area contributed by atoms with Gasteiger partial charge < -0.3 is 10.2 Å². The molecule has 2 saturated carbocycles. The fraction of sp³-hybridized carbons (Fsp3) is 0.619. The van der Waals surface area contributed by atoms with Crippen molar-refractivity contribution in [2.24, 2.45) is 5.92 Å². The summed E-state index contributed by atoms with van der Waals surface area (Å²) in [6, 6.07) is 7.79. The van der Waals surface area contributed by atoms with Gasteiger partial charge in [-0.05, 0) is 56.2 Å². The van der Waals surface area contributed by atoms with E-state index in [1.165, 1.54) is 18.4 Å². The minimum Gasteiger partial charge on any atom is -0.353 e. The van der Waals surface area contributed by atoms with Gasteiger partial charge in [0.1, 0.15) is 6.04 Å². The molecule has 2 aliphatic carbocycles. The molecule has 2 amide bonds. The molecule has 1 saturated heterocycles. The molecule has 5 heteroatoms. The molecule has 4 rings (SSSR count). The first-order chi connectivity index (χ1) is 12.6. The van der Waals surface area contributed by atoms with E-state index in [1.807, 2.05) is 17.0 Å². The summed E-state index contributed by atoms with van der Waals surface area (Å²) in [6.07, 6.45) is 8.25. The van der Waals surface area contributed by atoms with Crippen molar-refractivity contribution in [2.75, 3.05) is 13.1 Å². The maximum absolute atomic E-state index is 12.9. The third kappa shape index (κ3) is 3.48. The van der Waals surface area contributed by atoms with Crippen molar-refractivity contribution < 1.29 is 9.59 Å². The summed E-state index contributed by atoms with van der Waals surface area (Å²) in [5.74, 6) is 0.395. The molecule has 0 bridgehead atoms. The van der Waals surface area contributed by atoms with Gasteiger partial charge in [0.15, 0.2) is 0 Å². The lowest BCUT2D eigenvalue weighted by Crippen LogP contribution is -2.49. The molecule has 0 spiro atoms. The Kier molecular flexibility index (Phi) is 4.96. The van der Waals surface area contributed by atoms with Gasteiger partial charge in [-0.2, -0.15) is 0 Å². The Balaban J connectivity index is 1.43. The molecule has 1 heterocycles. The Morgan fingerprint density at radius 1 is 1.08 bits per heavy atom. The fourth-order valence-electron chi connectivity index (χ4n) is 4.66. The molecule has 1 aromatic carbocycles. The monoisotopic (exact) mass is 374 g/mol. The predicted molar refractivity (Wildman–Crippen MR) is 102 cm³/mol. The van der Waals surface area contributed by atoms with Crippen molar-refractivity contribution in [2.45, 2.75) is 62.8 Å². The summed E-state index contributed by atoms with van der Waals surface area (Å²) in [4.78, 5) is 27.1. The van der Waals surface area contributed by atoms with Crippen LogP contribution in [0.4, 0.5) is 0 Å². The number of hydrogen-bond acceptors (Lipinski definition) is 2. The standard InChI is InChI=1S/C21H27ClN2O2/c22-17-9-7-16(8-10-17)21(11-1-2-12-21)14-23-19(25)18-4-3-13-24(18)20(26)15-5-6-15/h7-10,15,18H,1-6,11-14H2,(H,23,25). The molecular formula is C21H27ClN2O2. The Morgan fingerprint density at radius 3 is 2.42 bits per heavy atom. The number of benzene rings is 1. The average molecular weight is 375 g/mol. The van der Waals surface area contributed by atoms with E-state index in [0.29, 0.717) is 6.54 Å². The van der Waals surface area contributed by atoms with Gasteiger partial charge in [-0.25, -0.2) is 0 Å². The number of carbonyl (C=O) groups is 2. The van der Waals surface area contributed by atoms with E-state index in [9.17, 15) is 9.59 Å². The van der Waals surface area contributed by atoms with Crippen LogP contribution in [0.2, 0.25) is 5.02 Å². The molecular weight excluding hydrogens is 348 g/mol. The molecule has 3 fully saturated rings. The number of nitrogens with one attached hydrogen (secondary N) is 1. The molecule has 1 N–H and O–H groups in total. The van der Waals surface area contributed by atoms with Crippen molar-refractivity contribution in [3.8, 4) is 0 Å². The van der Waals surface area contributed by atoms with E-state index in [1.54, 1.807) is 0 Å². The van der Waals surface area contributed by atoms with Crippen LogP contribution in [-0.2, 0) is 15.0 Å². The summed E-state index contributed by atoms with van der Waals surface area (Å²) in [5.41, 5.74) is 1.27. The molecule has 1 unspecified atom stereocenters. The molecule has 1 aliphatic heterocycles. The Bertz CT molecular complexity index is 678. The smallest absolute Gasteiger partial charge is 0.242 e. The molecule has 3 aliphatic rings. The Hall–Kier alpha value is -1.55. The van der Waals surface area contributed by atoms with E-state index < -0.39 is 0 Å². The Labute approximate surface area is 160 Å². The molecule has 1 atom stereocenters. The quantitative estimate of drug-likeness (QED) is 0.854. The van der Waals surface area contributed by atoms with E-state index in [0.717, 1.165) is 50.1 Å². The normalized spacial score (nSPS) is 24.7. The number of amides is 2. The van der Waals surface area contributed by atoms with Crippen LogP contribution in [0, 0.1) is 5.92 Å². The lowest BCUT2D eigenvalue weighted by molar-refractivity contribution is -0.139. The molecule has 26 heavy (non-hydrogen) atoms. The number of carbonyl (C=O) groups excluding carboxylic acids is 2. The number of rotatable bonds is 5. The van der Waals surface area contributed by atoms with Gasteiger partial charge in [0.2, 0.25) is 11.8 Å². The van der Waals surface area contributed by atoms with E-state index in [2.05, 4.69) is 17.4 Å². The largest absolute Gasteiger partial charge is 0.353 e. The lowest BCUT2D eigenvalue weighted by Gasteiger charge is -2.31. The summed E-state index contributed by atoms with van der Waals surface area (Å²) >= 11 is 6.05.